The molecule has 1 fully saturated rings. The van der Waals surface area contributed by atoms with Gasteiger partial charge in [0.25, 0.3) is 0 Å². The number of nitrogens with one attached hydrogen (secondary N) is 1. The molecule has 0 aliphatic heterocycles. The number of rotatable bonds is 4. The molecule has 0 aromatic carbocycles. The summed E-state index contributed by atoms with van der Waals surface area (Å²) < 4.78 is 4.89. The number of carbonyl (C=O) groups excluding carboxylic acids is 1. The van der Waals surface area contributed by atoms with Gasteiger partial charge in [0.2, 0.25) is 5.91 Å². The van der Waals surface area contributed by atoms with Crippen molar-refractivity contribution < 1.29 is 14.4 Å². The molecule has 1 aromatic heterocycles. The first-order valence-electron chi connectivity index (χ1n) is 6.68. The van der Waals surface area contributed by atoms with Crippen LogP contribution in [0, 0.1) is 6.92 Å². The molecule has 0 saturated heterocycles. The third kappa shape index (κ3) is 3.78. The lowest BCUT2D eigenvalue weighted by atomic mass is 9.91. The summed E-state index contributed by atoms with van der Waals surface area (Å²) in [5.41, 5.74) is 0. The van der Waals surface area contributed by atoms with Gasteiger partial charge in [0.15, 0.2) is 5.82 Å². The number of hydrogen-bond donors (Lipinski definition) is 2. The van der Waals surface area contributed by atoms with Crippen LogP contribution in [0.4, 0.5) is 5.82 Å². The van der Waals surface area contributed by atoms with Gasteiger partial charge < -0.3 is 14.9 Å². The Kier molecular flexibility index (Phi) is 4.55. The number of carbonyl (C=O) groups is 1. The quantitative estimate of drug-likeness (QED) is 0.855. The standard InChI is InChI=1S/C13H21N3O3/c1-9-7-12(15-19-9)14-13(18)8-16(2)10-5-3-4-6-11(10)17/h7,10-11,17H,3-6,8H2,1-2H3,(H,14,15,18). The highest BCUT2D eigenvalue weighted by Gasteiger charge is 2.27. The van der Waals surface area contributed by atoms with E-state index in [1.807, 2.05) is 11.9 Å². The molecule has 1 aromatic rings. The Labute approximate surface area is 112 Å². The van der Waals surface area contributed by atoms with Crippen molar-refractivity contribution in [1.29, 1.82) is 0 Å². The van der Waals surface area contributed by atoms with Gasteiger partial charge >= 0.3 is 0 Å². The lowest BCUT2D eigenvalue weighted by Gasteiger charge is -2.34. The summed E-state index contributed by atoms with van der Waals surface area (Å²) in [6, 6.07) is 1.74. The van der Waals surface area contributed by atoms with E-state index in [4.69, 9.17) is 4.52 Å². The SMILES string of the molecule is Cc1cc(NC(=O)CN(C)C2CCCCC2O)no1. The zero-order chi connectivity index (χ0) is 13.8. The highest BCUT2D eigenvalue weighted by molar-refractivity contribution is 5.91. The van der Waals surface area contributed by atoms with E-state index in [1.54, 1.807) is 13.0 Å². The Morgan fingerprint density at radius 3 is 2.95 bits per heavy atom. The largest absolute Gasteiger partial charge is 0.391 e. The van der Waals surface area contributed by atoms with Crippen molar-refractivity contribution >= 4 is 11.7 Å². The van der Waals surface area contributed by atoms with Gasteiger partial charge in [-0.2, -0.15) is 0 Å². The normalized spacial score (nSPS) is 23.6. The number of aryl methyl sites for hydroxylation is 1. The van der Waals surface area contributed by atoms with E-state index in [0.29, 0.717) is 11.6 Å². The van der Waals surface area contributed by atoms with Crippen LogP contribution in [0.3, 0.4) is 0 Å². The zero-order valence-corrected chi connectivity index (χ0v) is 11.4. The zero-order valence-electron chi connectivity index (χ0n) is 11.4. The predicted octanol–water partition coefficient (Wildman–Crippen LogP) is 1.16. The first-order valence-corrected chi connectivity index (χ1v) is 6.68. The first-order chi connectivity index (χ1) is 9.06. The molecular weight excluding hydrogens is 246 g/mol. The van der Waals surface area contributed by atoms with E-state index in [2.05, 4.69) is 10.5 Å². The molecule has 0 spiro atoms. The number of hydrogen-bond acceptors (Lipinski definition) is 5. The van der Waals surface area contributed by atoms with Crippen LogP contribution in [0.25, 0.3) is 0 Å². The molecule has 2 N–H and O–H groups in total. The van der Waals surface area contributed by atoms with Crippen LogP contribution in [0.2, 0.25) is 0 Å². The second-order valence-electron chi connectivity index (χ2n) is 5.21. The molecule has 2 rings (SSSR count). The molecule has 19 heavy (non-hydrogen) atoms. The Morgan fingerprint density at radius 1 is 1.58 bits per heavy atom. The van der Waals surface area contributed by atoms with Crippen LogP contribution >= 0.6 is 0 Å². The summed E-state index contributed by atoms with van der Waals surface area (Å²) in [5.74, 6) is 0.944. The van der Waals surface area contributed by atoms with Gasteiger partial charge in [-0.3, -0.25) is 9.69 Å². The van der Waals surface area contributed by atoms with E-state index in [1.165, 1.54) is 0 Å². The van der Waals surface area contributed by atoms with Crippen molar-refractivity contribution in [3.63, 3.8) is 0 Å². The second kappa shape index (κ2) is 6.16. The maximum absolute atomic E-state index is 11.9. The highest BCUT2D eigenvalue weighted by atomic mass is 16.5. The van der Waals surface area contributed by atoms with Crippen molar-refractivity contribution in [3.8, 4) is 0 Å². The lowest BCUT2D eigenvalue weighted by Crippen LogP contribution is -2.46. The van der Waals surface area contributed by atoms with Crippen molar-refractivity contribution in [2.24, 2.45) is 0 Å². The third-order valence-electron chi connectivity index (χ3n) is 3.55. The third-order valence-corrected chi connectivity index (χ3v) is 3.55. The number of aliphatic hydroxyl groups excluding tert-OH is 1. The van der Waals surface area contributed by atoms with Crippen molar-refractivity contribution in [1.82, 2.24) is 10.1 Å². The van der Waals surface area contributed by atoms with Gasteiger partial charge in [-0.25, -0.2) is 0 Å². The van der Waals surface area contributed by atoms with E-state index < -0.39 is 0 Å². The molecule has 6 heteroatoms. The van der Waals surface area contributed by atoms with E-state index in [9.17, 15) is 9.90 Å². The van der Waals surface area contributed by atoms with Crippen LogP contribution in [0.15, 0.2) is 10.6 Å². The molecule has 0 bridgehead atoms. The minimum absolute atomic E-state index is 0.0681. The number of likely N-dealkylation sites (N-methyl/N-ethyl adjacent to an activating group) is 1. The van der Waals surface area contributed by atoms with Gasteiger partial charge in [-0.1, -0.05) is 18.0 Å². The van der Waals surface area contributed by atoms with Gasteiger partial charge in [-0.05, 0) is 26.8 Å². The average molecular weight is 267 g/mol. The number of aliphatic hydroxyl groups is 1. The summed E-state index contributed by atoms with van der Waals surface area (Å²) in [4.78, 5) is 13.8. The summed E-state index contributed by atoms with van der Waals surface area (Å²) in [6.45, 7) is 2.01. The fraction of sp³-hybridized carbons (Fsp3) is 0.692. The molecule has 2 atom stereocenters. The molecule has 1 aliphatic rings. The van der Waals surface area contributed by atoms with Crippen LogP contribution in [-0.2, 0) is 4.79 Å². The summed E-state index contributed by atoms with van der Waals surface area (Å²) in [6.07, 6.45) is 3.60. The second-order valence-corrected chi connectivity index (χ2v) is 5.21. The Hall–Kier alpha value is -1.40. The Bertz CT molecular complexity index is 433. The molecule has 1 heterocycles. The van der Waals surface area contributed by atoms with Crippen LogP contribution < -0.4 is 5.32 Å². The van der Waals surface area contributed by atoms with Crippen LogP contribution in [-0.4, -0.2) is 46.8 Å². The highest BCUT2D eigenvalue weighted by Crippen LogP contribution is 2.22. The van der Waals surface area contributed by atoms with E-state index in [0.717, 1.165) is 25.7 Å². The van der Waals surface area contributed by atoms with E-state index in [-0.39, 0.29) is 24.6 Å². The number of nitrogens with zero attached hydrogens (tertiary/aromatic N) is 2. The summed E-state index contributed by atoms with van der Waals surface area (Å²) in [5, 5.41) is 16.3. The molecular formula is C13H21N3O3. The monoisotopic (exact) mass is 267 g/mol. The molecule has 1 saturated carbocycles. The number of amides is 1. The van der Waals surface area contributed by atoms with Gasteiger partial charge in [0, 0.05) is 12.1 Å². The summed E-state index contributed by atoms with van der Waals surface area (Å²) >= 11 is 0. The Morgan fingerprint density at radius 2 is 2.32 bits per heavy atom. The van der Waals surface area contributed by atoms with Crippen LogP contribution in [0.5, 0.6) is 0 Å². The number of aromatic nitrogens is 1. The molecule has 106 valence electrons. The average Bonchev–Trinajstić information content (AvgIpc) is 2.74. The van der Waals surface area contributed by atoms with Crippen molar-refractivity contribution in [2.75, 3.05) is 18.9 Å². The number of anilines is 1. The maximum Gasteiger partial charge on any atom is 0.239 e. The van der Waals surface area contributed by atoms with Crippen molar-refractivity contribution in [2.45, 2.75) is 44.8 Å². The molecule has 1 aliphatic carbocycles. The molecule has 6 nitrogen and oxygen atoms in total. The van der Waals surface area contributed by atoms with Gasteiger partial charge in [0.05, 0.1) is 12.6 Å². The molecule has 2 unspecified atom stereocenters. The van der Waals surface area contributed by atoms with Gasteiger partial charge in [0.1, 0.15) is 5.76 Å². The van der Waals surface area contributed by atoms with Crippen molar-refractivity contribution in [3.05, 3.63) is 11.8 Å². The minimum Gasteiger partial charge on any atom is -0.391 e. The fourth-order valence-electron chi connectivity index (χ4n) is 2.56. The predicted molar refractivity (Wildman–Crippen MR) is 70.8 cm³/mol. The van der Waals surface area contributed by atoms with Crippen LogP contribution in [0.1, 0.15) is 31.4 Å². The maximum atomic E-state index is 11.9. The first kappa shape index (κ1) is 14.0. The lowest BCUT2D eigenvalue weighted by molar-refractivity contribution is -0.118. The molecule has 1 amide bonds. The fourth-order valence-corrected chi connectivity index (χ4v) is 2.56. The van der Waals surface area contributed by atoms with Gasteiger partial charge in [-0.15, -0.1) is 0 Å². The minimum atomic E-state index is -0.333. The Balaban J connectivity index is 1.84. The summed E-state index contributed by atoms with van der Waals surface area (Å²) in [7, 11) is 1.87. The smallest absolute Gasteiger partial charge is 0.239 e. The topological polar surface area (TPSA) is 78.6 Å². The van der Waals surface area contributed by atoms with E-state index >= 15 is 0 Å². The molecule has 0 radical (unpaired) electrons.